The summed E-state index contributed by atoms with van der Waals surface area (Å²) in [6.45, 7) is 5.62. The second-order valence-electron chi connectivity index (χ2n) is 7.68. The van der Waals surface area contributed by atoms with Crippen molar-refractivity contribution in [2.45, 2.75) is 97.2 Å². The largest absolute Gasteiger partial charge is 0.472 e. The molecule has 0 radical (unpaired) electrons. The Morgan fingerprint density at radius 1 is 0.964 bits per heavy atom. The summed E-state index contributed by atoms with van der Waals surface area (Å²) in [4.78, 5) is 10.1. The zero-order valence-corrected chi connectivity index (χ0v) is 19.0. The van der Waals surface area contributed by atoms with Gasteiger partial charge in [0.05, 0.1) is 19.3 Å². The second-order valence-corrected chi connectivity index (χ2v) is 9.09. The van der Waals surface area contributed by atoms with E-state index in [4.69, 9.17) is 19.9 Å². The molecule has 5 atom stereocenters. The molecule has 0 saturated heterocycles. The van der Waals surface area contributed by atoms with Gasteiger partial charge in [-0.15, -0.1) is 0 Å². The van der Waals surface area contributed by atoms with Crippen LogP contribution in [-0.2, 0) is 13.6 Å². The molecule has 0 fully saturated rings. The van der Waals surface area contributed by atoms with Crippen molar-refractivity contribution < 1.29 is 28.7 Å². The number of hydrogen-bond acceptors (Lipinski definition) is 6. The van der Waals surface area contributed by atoms with Crippen molar-refractivity contribution in [2.24, 2.45) is 17.6 Å². The van der Waals surface area contributed by atoms with Gasteiger partial charge in [-0.05, 0) is 18.3 Å². The molecule has 0 aromatic rings. The maximum Gasteiger partial charge on any atom is 0.472 e. The molecule has 0 aliphatic carbocycles. The van der Waals surface area contributed by atoms with E-state index in [-0.39, 0.29) is 12.5 Å². The normalized spacial score (nSPS) is 18.4. The van der Waals surface area contributed by atoms with Crippen molar-refractivity contribution >= 4 is 7.82 Å². The summed E-state index contributed by atoms with van der Waals surface area (Å²) in [6.07, 6.45) is 9.00. The van der Waals surface area contributed by atoms with E-state index in [9.17, 15) is 14.6 Å². The van der Waals surface area contributed by atoms with E-state index in [1.165, 1.54) is 6.42 Å². The molecule has 0 aromatic heterocycles. The molecule has 28 heavy (non-hydrogen) atoms. The van der Waals surface area contributed by atoms with Crippen molar-refractivity contribution in [3.05, 3.63) is 0 Å². The Kier molecular flexibility index (Phi) is 16.7. The van der Waals surface area contributed by atoms with E-state index in [2.05, 4.69) is 20.8 Å². The first-order valence-electron chi connectivity index (χ1n) is 11.0. The monoisotopic (exact) mass is 425 g/mol. The second kappa shape index (κ2) is 16.8. The van der Waals surface area contributed by atoms with Gasteiger partial charge in [-0.25, -0.2) is 4.57 Å². The van der Waals surface area contributed by atoms with Gasteiger partial charge in [-0.2, -0.15) is 0 Å². The lowest BCUT2D eigenvalue weighted by atomic mass is 9.78. The van der Waals surface area contributed by atoms with Gasteiger partial charge in [0, 0.05) is 6.54 Å². The highest BCUT2D eigenvalue weighted by Crippen LogP contribution is 2.47. The molecule has 0 amide bonds. The van der Waals surface area contributed by atoms with E-state index < -0.39 is 33.2 Å². The Balaban J connectivity index is 5.21. The molecule has 0 rings (SSSR count). The first kappa shape index (κ1) is 28.0. The number of rotatable bonds is 19. The van der Waals surface area contributed by atoms with Gasteiger partial charge in [0.25, 0.3) is 0 Å². The number of phosphoric acid groups is 1. The van der Waals surface area contributed by atoms with Crippen LogP contribution >= 0.6 is 7.82 Å². The van der Waals surface area contributed by atoms with E-state index in [0.717, 1.165) is 57.8 Å². The summed E-state index contributed by atoms with van der Waals surface area (Å²) >= 11 is 0. The van der Waals surface area contributed by atoms with Gasteiger partial charge in [0.1, 0.15) is 6.10 Å². The molecule has 0 aromatic carbocycles. The Morgan fingerprint density at radius 2 is 1.57 bits per heavy atom. The lowest BCUT2D eigenvalue weighted by Crippen LogP contribution is -2.36. The summed E-state index contributed by atoms with van der Waals surface area (Å²) < 4.78 is 22.7. The minimum atomic E-state index is -4.37. The minimum Gasteiger partial charge on any atom is -0.394 e. The molecule has 5 unspecified atom stereocenters. The highest BCUT2D eigenvalue weighted by molar-refractivity contribution is 7.47. The molecule has 7 nitrogen and oxygen atoms in total. The van der Waals surface area contributed by atoms with Crippen LogP contribution in [0.4, 0.5) is 0 Å². The lowest BCUT2D eigenvalue weighted by Gasteiger charge is -2.34. The maximum absolute atomic E-state index is 12.3. The molecule has 0 aliphatic heterocycles. The Hall–Kier alpha value is -0.0100. The molecule has 8 heteroatoms. The molecule has 0 heterocycles. The van der Waals surface area contributed by atoms with Crippen LogP contribution in [0.2, 0.25) is 0 Å². The first-order valence-corrected chi connectivity index (χ1v) is 12.5. The van der Waals surface area contributed by atoms with E-state index in [1.54, 1.807) is 0 Å². The number of aliphatic hydroxyl groups is 2. The third-order valence-electron chi connectivity index (χ3n) is 5.20. The SMILES string of the molecule is CCCCCC(CCC)C(CCCCC)C(CN)OP(=O)(O)OCC(O)CO. The number of nitrogens with two attached hydrogens (primary N) is 1. The molecule has 0 bridgehead atoms. The van der Waals surface area contributed by atoms with Crippen LogP contribution < -0.4 is 5.73 Å². The van der Waals surface area contributed by atoms with Crippen LogP contribution in [0.15, 0.2) is 0 Å². The van der Waals surface area contributed by atoms with Gasteiger partial charge in [-0.3, -0.25) is 9.05 Å². The standard InChI is InChI=1S/C20H44NO6P/c1-4-7-9-12-17(11-6-3)19(13-10-8-5-2)20(14-21)27-28(24,25)26-16-18(23)15-22/h17-20,22-23H,4-16,21H2,1-3H3,(H,24,25). The molecule has 170 valence electrons. The fourth-order valence-corrected chi connectivity index (χ4v) is 4.69. The molecule has 0 aliphatic rings. The van der Waals surface area contributed by atoms with Crippen LogP contribution in [0.3, 0.4) is 0 Å². The van der Waals surface area contributed by atoms with Crippen LogP contribution in [0.25, 0.3) is 0 Å². The first-order chi connectivity index (χ1) is 13.3. The average molecular weight is 426 g/mol. The topological polar surface area (TPSA) is 122 Å². The number of aliphatic hydroxyl groups excluding tert-OH is 2. The molecule has 5 N–H and O–H groups in total. The molecular formula is C20H44NO6P. The predicted molar refractivity (Wildman–Crippen MR) is 113 cm³/mol. The fourth-order valence-electron chi connectivity index (χ4n) is 3.69. The van der Waals surface area contributed by atoms with Gasteiger partial charge >= 0.3 is 7.82 Å². The summed E-state index contributed by atoms with van der Waals surface area (Å²) in [5.74, 6) is 0.491. The van der Waals surface area contributed by atoms with Crippen LogP contribution in [-0.4, -0.2) is 47.1 Å². The molecular weight excluding hydrogens is 381 g/mol. The average Bonchev–Trinajstić information content (AvgIpc) is 2.67. The molecule has 0 spiro atoms. The van der Waals surface area contributed by atoms with E-state index >= 15 is 0 Å². The zero-order chi connectivity index (χ0) is 21.4. The van der Waals surface area contributed by atoms with Gasteiger partial charge in [-0.1, -0.05) is 78.6 Å². The van der Waals surface area contributed by atoms with Crippen molar-refractivity contribution in [1.82, 2.24) is 0 Å². The number of hydrogen-bond donors (Lipinski definition) is 4. The van der Waals surface area contributed by atoms with Crippen molar-refractivity contribution in [2.75, 3.05) is 19.8 Å². The third kappa shape index (κ3) is 12.5. The summed E-state index contributed by atoms with van der Waals surface area (Å²) in [6, 6.07) is 0. The third-order valence-corrected chi connectivity index (χ3v) is 6.22. The zero-order valence-electron chi connectivity index (χ0n) is 18.1. The highest BCUT2D eigenvalue weighted by atomic mass is 31.2. The smallest absolute Gasteiger partial charge is 0.394 e. The van der Waals surface area contributed by atoms with Crippen LogP contribution in [0.5, 0.6) is 0 Å². The maximum atomic E-state index is 12.3. The van der Waals surface area contributed by atoms with Crippen molar-refractivity contribution in [1.29, 1.82) is 0 Å². The Bertz CT molecular complexity index is 412. The quantitative estimate of drug-likeness (QED) is 0.182. The van der Waals surface area contributed by atoms with Gasteiger partial charge in [0.2, 0.25) is 0 Å². The van der Waals surface area contributed by atoms with Crippen molar-refractivity contribution in [3.8, 4) is 0 Å². The highest BCUT2D eigenvalue weighted by Gasteiger charge is 2.35. The fraction of sp³-hybridized carbons (Fsp3) is 1.00. The Morgan fingerprint density at radius 3 is 2.07 bits per heavy atom. The summed E-state index contributed by atoms with van der Waals surface area (Å²) in [5.41, 5.74) is 5.95. The Labute approximate surface area is 171 Å². The van der Waals surface area contributed by atoms with Crippen LogP contribution in [0.1, 0.15) is 85.0 Å². The van der Waals surface area contributed by atoms with Gasteiger partial charge < -0.3 is 20.8 Å². The van der Waals surface area contributed by atoms with E-state index in [0.29, 0.717) is 5.92 Å². The summed E-state index contributed by atoms with van der Waals surface area (Å²) in [5, 5.41) is 18.2. The summed E-state index contributed by atoms with van der Waals surface area (Å²) in [7, 11) is -4.37. The molecule has 0 saturated carbocycles. The number of unbranched alkanes of at least 4 members (excludes halogenated alkanes) is 4. The minimum absolute atomic E-state index is 0.0974. The van der Waals surface area contributed by atoms with Crippen molar-refractivity contribution in [3.63, 3.8) is 0 Å². The lowest BCUT2D eigenvalue weighted by molar-refractivity contribution is 0.0124. The van der Waals surface area contributed by atoms with Gasteiger partial charge in [0.15, 0.2) is 0 Å². The predicted octanol–water partition coefficient (Wildman–Crippen LogP) is 3.99. The van der Waals surface area contributed by atoms with E-state index in [1.807, 2.05) is 0 Å². The number of phosphoric ester groups is 1. The van der Waals surface area contributed by atoms with Crippen LogP contribution in [0, 0.1) is 11.8 Å².